The van der Waals surface area contributed by atoms with Gasteiger partial charge in [0.1, 0.15) is 6.15 Å². The van der Waals surface area contributed by atoms with Crippen molar-refractivity contribution in [1.29, 1.82) is 0 Å². The molecule has 6 rings (SSSR count). The van der Waals surface area contributed by atoms with E-state index in [2.05, 4.69) is 48.6 Å². The van der Waals surface area contributed by atoms with E-state index >= 15 is 0 Å². The molecule has 0 aromatic heterocycles. The maximum absolute atomic E-state index is 14.2. The Hall–Kier alpha value is -5.13. The van der Waals surface area contributed by atoms with E-state index in [0.717, 1.165) is 0 Å². The van der Waals surface area contributed by atoms with Gasteiger partial charge in [-0.3, -0.25) is 0 Å². The van der Waals surface area contributed by atoms with Crippen LogP contribution in [0.4, 0.5) is 105 Å². The number of hydrogen-bond donors (Lipinski definition) is 0. The van der Waals surface area contributed by atoms with E-state index in [9.17, 15) is 105 Å². The maximum Gasteiger partial charge on any atom is 0.416 e. The van der Waals surface area contributed by atoms with Gasteiger partial charge in [-0.05, 0) is 75.6 Å². The molecule has 26 heteroatoms. The minimum atomic E-state index is -6.13. The van der Waals surface area contributed by atoms with Crippen LogP contribution in [0.25, 0.3) is 0 Å². The van der Waals surface area contributed by atoms with Crippen LogP contribution < -0.4 is 21.9 Å². The molecule has 0 N–H and O–H groups in total. The molecule has 0 nitrogen and oxygen atoms in total. The Morgan fingerprint density at radius 2 is 0.365 bits per heavy atom. The number of benzene rings is 4. The molecule has 2 aliphatic carbocycles. The molecule has 2 aliphatic rings. The number of allylic oxidation sites excluding steroid dienone is 8. The fourth-order valence-corrected chi connectivity index (χ4v) is 7.82. The molecule has 0 saturated carbocycles. The smallest absolute Gasteiger partial charge is 0.194 e. The van der Waals surface area contributed by atoms with Crippen LogP contribution in [0.15, 0.2) is 121 Å². The molecule has 74 heavy (non-hydrogen) atoms. The van der Waals surface area contributed by atoms with E-state index in [1.54, 1.807) is 0 Å². The zero-order chi connectivity index (χ0) is 55.2. The molecule has 1 radical (unpaired) electrons. The Morgan fingerprint density at radius 1 is 0.230 bits per heavy atom. The van der Waals surface area contributed by atoms with Gasteiger partial charge in [-0.25, -0.2) is 0 Å². The molecule has 0 fully saturated rings. The third-order valence-electron chi connectivity index (χ3n) is 11.2. The molecule has 0 spiro atoms. The molecular weight excluding hydrogens is 1240 g/mol. The number of alkyl halides is 24. The summed E-state index contributed by atoms with van der Waals surface area (Å²) in [6.45, 7) is 0. The molecule has 0 aliphatic heterocycles. The monoisotopic (exact) mass is 1270 g/mol. The van der Waals surface area contributed by atoms with Crippen LogP contribution in [0.3, 0.4) is 0 Å². The minimum Gasteiger partial charge on any atom is -0.194 e. The first kappa shape index (κ1) is 63.2. The van der Waals surface area contributed by atoms with Gasteiger partial charge in [0.2, 0.25) is 0 Å². The zero-order valence-electron chi connectivity index (χ0n) is 37.2. The largest absolute Gasteiger partial charge is 0.416 e. The van der Waals surface area contributed by atoms with Crippen LogP contribution in [-0.2, 0) is 69.5 Å². The van der Waals surface area contributed by atoms with Crippen LogP contribution in [0.1, 0.15) is 95.9 Å². The van der Waals surface area contributed by atoms with Crippen molar-refractivity contribution in [2.45, 2.75) is 101 Å². The summed E-state index contributed by atoms with van der Waals surface area (Å²) in [5, 5.41) is 0. The molecule has 0 bridgehead atoms. The fourth-order valence-electron chi connectivity index (χ4n) is 7.82. The predicted octanol–water partition coefficient (Wildman–Crippen LogP) is 16.6. The predicted molar refractivity (Wildman–Crippen MR) is 224 cm³/mol. The topological polar surface area (TPSA) is 0 Å². The molecular formula is C48H36BF24Ir-. The normalized spacial score (nSPS) is 17.1. The van der Waals surface area contributed by atoms with Gasteiger partial charge in [-0.2, -0.15) is 127 Å². The average molecular weight is 1270 g/mol. The first-order valence-electron chi connectivity index (χ1n) is 21.3. The second-order valence-electron chi connectivity index (χ2n) is 16.5. The van der Waals surface area contributed by atoms with Gasteiger partial charge in [-0.1, -0.05) is 97.1 Å². The summed E-state index contributed by atoms with van der Waals surface area (Å²) in [5.41, 5.74) is -30.2. The molecule has 4 aromatic carbocycles. The van der Waals surface area contributed by atoms with Crippen LogP contribution in [0.5, 0.6) is 0 Å². The maximum atomic E-state index is 14.2. The summed E-state index contributed by atoms with van der Waals surface area (Å²) < 4.78 is 341. The molecule has 4 aromatic rings. The Kier molecular flexibility index (Phi) is 20.3. The van der Waals surface area contributed by atoms with E-state index in [-0.39, 0.29) is 20.1 Å². The molecule has 0 heterocycles. The van der Waals surface area contributed by atoms with E-state index in [1.165, 1.54) is 51.4 Å². The summed E-state index contributed by atoms with van der Waals surface area (Å²) in [4.78, 5) is 0. The molecule has 0 atom stereocenters. The van der Waals surface area contributed by atoms with E-state index in [0.29, 0.717) is 0 Å². The van der Waals surface area contributed by atoms with Crippen LogP contribution in [0.2, 0.25) is 0 Å². The van der Waals surface area contributed by atoms with E-state index in [1.807, 2.05) is 0 Å². The van der Waals surface area contributed by atoms with Gasteiger partial charge in [0.05, 0.1) is 44.5 Å². The van der Waals surface area contributed by atoms with Crippen molar-refractivity contribution in [3.63, 3.8) is 0 Å². The number of rotatable bonds is 4. The van der Waals surface area contributed by atoms with Gasteiger partial charge in [0, 0.05) is 20.1 Å². The summed E-state index contributed by atoms with van der Waals surface area (Å²) in [6.07, 6.45) is -26.8. The van der Waals surface area contributed by atoms with Crippen molar-refractivity contribution in [3.05, 3.63) is 166 Å². The molecule has 0 unspecified atom stereocenters. The standard InChI is InChI=1S/C32H12BF24.2C8H12.Ir/c34-25(35,36)13-1-14(26(37,38)39)6-21(5-13)33(22-7-15(27(40,41)42)2-16(8-22)28(43,44)45,23-9-17(29(46,47)48)3-18(10-23)30(49,50)51)24-11-19(31(52,53)54)4-20(12-24)32(55,56)57;2*1-2-4-6-8-7-5-3-1;/h1-12H;2*1-4H,5-8H2;/q-1;;;/b;2*3-1-,4-2-;. The molecule has 0 saturated heterocycles. The number of halogens is 24. The Bertz CT molecular complexity index is 2140. The quantitative estimate of drug-likeness (QED) is 0.141. The van der Waals surface area contributed by atoms with Gasteiger partial charge in [0.25, 0.3) is 0 Å². The van der Waals surface area contributed by atoms with Gasteiger partial charge < -0.3 is 0 Å². The third kappa shape index (κ3) is 16.9. The number of hydrogen-bond acceptors (Lipinski definition) is 0. The Morgan fingerprint density at radius 3 is 0.486 bits per heavy atom. The summed E-state index contributed by atoms with van der Waals surface area (Å²) in [5.74, 6) is 0. The summed E-state index contributed by atoms with van der Waals surface area (Å²) >= 11 is 0. The second-order valence-corrected chi connectivity index (χ2v) is 16.5. The SMILES string of the molecule is C1=C\CCCC\C=C/1.C1=C\CCCC\C=C/1.FC(F)(F)c1cc([B-](c2cc(C(F)(F)F)cc(C(F)(F)F)c2)(c2cc(C(F)(F)F)cc(C(F)(F)F)c2)c2cc(C(F)(F)F)cc(C(F)(F)F)c2)cc(C(F)(F)F)c1.[Ir]. The van der Waals surface area contributed by atoms with E-state index in [4.69, 9.17) is 0 Å². The van der Waals surface area contributed by atoms with Crippen LogP contribution in [0, 0.1) is 0 Å². The first-order chi connectivity index (χ1) is 33.3. The van der Waals surface area contributed by atoms with Crippen molar-refractivity contribution < 1.29 is 125 Å². The molecule has 0 amide bonds. The Labute approximate surface area is 419 Å². The second kappa shape index (κ2) is 23.8. The third-order valence-corrected chi connectivity index (χ3v) is 11.2. The molecule has 409 valence electrons. The zero-order valence-corrected chi connectivity index (χ0v) is 39.6. The van der Waals surface area contributed by atoms with E-state index < -0.39 is 195 Å². The minimum absolute atomic E-state index is 0. The van der Waals surface area contributed by atoms with Crippen LogP contribution in [-0.4, -0.2) is 6.15 Å². The van der Waals surface area contributed by atoms with Crippen molar-refractivity contribution in [1.82, 2.24) is 0 Å². The van der Waals surface area contributed by atoms with Crippen molar-refractivity contribution in [3.8, 4) is 0 Å². The van der Waals surface area contributed by atoms with Gasteiger partial charge >= 0.3 is 49.4 Å². The van der Waals surface area contributed by atoms with Crippen molar-refractivity contribution >= 4 is 28.0 Å². The first-order valence-corrected chi connectivity index (χ1v) is 21.3. The summed E-state index contributed by atoms with van der Waals surface area (Å²) in [6, 6.07) is -8.81. The van der Waals surface area contributed by atoms with Gasteiger partial charge in [0.15, 0.2) is 0 Å². The summed E-state index contributed by atoms with van der Waals surface area (Å²) in [7, 11) is 0. The van der Waals surface area contributed by atoms with Crippen molar-refractivity contribution in [2.75, 3.05) is 0 Å². The van der Waals surface area contributed by atoms with Crippen molar-refractivity contribution in [2.24, 2.45) is 0 Å². The van der Waals surface area contributed by atoms with Crippen LogP contribution >= 0.6 is 0 Å². The fraction of sp³-hybridized carbons (Fsp3) is 0.333. The van der Waals surface area contributed by atoms with Gasteiger partial charge in [-0.15, -0.1) is 0 Å². The average Bonchev–Trinajstić information content (AvgIpc) is 3.21. The Balaban J connectivity index is 0.000000717.